The smallest absolute Gasteiger partial charge is 0.142 e. The van der Waals surface area contributed by atoms with Gasteiger partial charge in [-0.05, 0) is 66.0 Å². The molecule has 0 spiro atoms. The molecule has 0 heterocycles. The van der Waals surface area contributed by atoms with Gasteiger partial charge in [0.05, 0.1) is 10.2 Å². The molecule has 138 valence electrons. The highest BCUT2D eigenvalue weighted by molar-refractivity contribution is 9.11. The fourth-order valence-corrected chi connectivity index (χ4v) is 4.13. The fourth-order valence-electron chi connectivity index (χ4n) is 2.76. The van der Waals surface area contributed by atoms with E-state index in [-0.39, 0.29) is 0 Å². The molecule has 0 aromatic heterocycles. The lowest BCUT2D eigenvalue weighted by atomic mass is 10.1. The molecule has 0 saturated carbocycles. The normalized spacial score (nSPS) is 11.1. The molecule has 3 aromatic carbocycles. The second-order valence-corrected chi connectivity index (χ2v) is 8.40. The van der Waals surface area contributed by atoms with Crippen molar-refractivity contribution in [3.63, 3.8) is 0 Å². The van der Waals surface area contributed by atoms with E-state index < -0.39 is 0 Å². The average molecular weight is 487 g/mol. The maximum Gasteiger partial charge on any atom is 0.142 e. The third-order valence-corrected chi connectivity index (χ3v) is 5.28. The van der Waals surface area contributed by atoms with Crippen LogP contribution in [0.2, 0.25) is 0 Å². The summed E-state index contributed by atoms with van der Waals surface area (Å²) in [5.41, 5.74) is 6.64. The molecule has 0 atom stereocenters. The molecule has 0 N–H and O–H groups in total. The summed E-state index contributed by atoms with van der Waals surface area (Å²) in [6, 6.07) is 18.6. The van der Waals surface area contributed by atoms with E-state index in [0.717, 1.165) is 37.1 Å². The van der Waals surface area contributed by atoms with Gasteiger partial charge >= 0.3 is 0 Å². The van der Waals surface area contributed by atoms with Crippen molar-refractivity contribution in [2.24, 2.45) is 4.99 Å². The quantitative estimate of drug-likeness (QED) is 0.343. The molecule has 3 rings (SSSR count). The summed E-state index contributed by atoms with van der Waals surface area (Å²) in [6.07, 6.45) is 1.86. The molecule has 0 radical (unpaired) electrons. The average Bonchev–Trinajstić information content (AvgIpc) is 2.61. The van der Waals surface area contributed by atoms with E-state index in [9.17, 15) is 0 Å². The lowest BCUT2D eigenvalue weighted by molar-refractivity contribution is 0.304. The Balaban J connectivity index is 1.87. The zero-order valence-electron chi connectivity index (χ0n) is 15.6. The summed E-state index contributed by atoms with van der Waals surface area (Å²) in [4.78, 5) is 4.68. The summed E-state index contributed by atoms with van der Waals surface area (Å²) >= 11 is 7.17. The Morgan fingerprint density at radius 3 is 2.30 bits per heavy atom. The second kappa shape index (κ2) is 8.85. The Bertz CT molecular complexity index is 978. The first-order valence-corrected chi connectivity index (χ1v) is 10.3. The fraction of sp³-hybridized carbons (Fsp3) is 0.174. The Hall–Kier alpha value is -1.91. The van der Waals surface area contributed by atoms with Gasteiger partial charge in [0.2, 0.25) is 0 Å². The van der Waals surface area contributed by atoms with E-state index >= 15 is 0 Å². The number of nitrogens with zero attached hydrogens (tertiary/aromatic N) is 1. The van der Waals surface area contributed by atoms with Crippen LogP contribution in [0.15, 0.2) is 68.5 Å². The van der Waals surface area contributed by atoms with E-state index in [2.05, 4.69) is 94.0 Å². The number of benzene rings is 3. The molecule has 0 bridgehead atoms. The third-order valence-electron chi connectivity index (χ3n) is 4.24. The number of aryl methyl sites for hydroxylation is 3. The molecular weight excluding hydrogens is 466 g/mol. The van der Waals surface area contributed by atoms with Gasteiger partial charge < -0.3 is 4.74 Å². The lowest BCUT2D eigenvalue weighted by Gasteiger charge is -2.12. The zero-order valence-corrected chi connectivity index (χ0v) is 18.8. The first-order chi connectivity index (χ1) is 12.9. The molecular formula is C23H21Br2NO. The van der Waals surface area contributed by atoms with Crippen molar-refractivity contribution in [3.05, 3.63) is 91.4 Å². The summed E-state index contributed by atoms with van der Waals surface area (Å²) < 4.78 is 7.99. The summed E-state index contributed by atoms with van der Waals surface area (Å²) in [5, 5.41) is 0. The van der Waals surface area contributed by atoms with Crippen LogP contribution in [0.3, 0.4) is 0 Å². The monoisotopic (exact) mass is 485 g/mol. The Labute approximate surface area is 177 Å². The molecule has 0 aliphatic heterocycles. The molecule has 0 aliphatic rings. The molecule has 0 fully saturated rings. The largest absolute Gasteiger partial charge is 0.487 e. The molecule has 0 unspecified atom stereocenters. The maximum atomic E-state index is 6.13. The van der Waals surface area contributed by atoms with Gasteiger partial charge in [-0.2, -0.15) is 0 Å². The van der Waals surface area contributed by atoms with Crippen LogP contribution in [-0.2, 0) is 6.61 Å². The number of ether oxygens (including phenoxy) is 1. The predicted octanol–water partition coefficient (Wildman–Crippen LogP) is 7.47. The number of halogens is 2. The number of aliphatic imine (C=N–C) groups is 1. The highest BCUT2D eigenvalue weighted by Gasteiger charge is 2.10. The van der Waals surface area contributed by atoms with E-state index in [0.29, 0.717) is 6.61 Å². The maximum absolute atomic E-state index is 6.13. The predicted molar refractivity (Wildman–Crippen MR) is 121 cm³/mol. The van der Waals surface area contributed by atoms with E-state index in [4.69, 9.17) is 4.74 Å². The van der Waals surface area contributed by atoms with Crippen molar-refractivity contribution in [3.8, 4) is 5.75 Å². The molecule has 0 saturated heterocycles. The van der Waals surface area contributed by atoms with Gasteiger partial charge in [-0.15, -0.1) is 0 Å². The van der Waals surface area contributed by atoms with Crippen molar-refractivity contribution in [2.75, 3.05) is 0 Å². The standard InChI is InChI=1S/C23H21Br2NO/c1-15-4-7-18(8-5-15)14-27-23-19(11-20(24)12-21(23)25)13-26-22-9-6-16(2)10-17(22)3/h4-13H,14H2,1-3H3. The lowest BCUT2D eigenvalue weighted by Crippen LogP contribution is -2.00. The minimum atomic E-state index is 0.505. The Morgan fingerprint density at radius 2 is 1.59 bits per heavy atom. The molecule has 2 nitrogen and oxygen atoms in total. The summed E-state index contributed by atoms with van der Waals surface area (Å²) in [6.45, 7) is 6.75. The van der Waals surface area contributed by atoms with Gasteiger partial charge in [-0.1, -0.05) is 63.5 Å². The Morgan fingerprint density at radius 1 is 0.889 bits per heavy atom. The topological polar surface area (TPSA) is 21.6 Å². The van der Waals surface area contributed by atoms with Crippen LogP contribution in [0.4, 0.5) is 5.69 Å². The van der Waals surface area contributed by atoms with Crippen molar-refractivity contribution < 1.29 is 4.74 Å². The highest BCUT2D eigenvalue weighted by Crippen LogP contribution is 2.33. The summed E-state index contributed by atoms with van der Waals surface area (Å²) in [7, 11) is 0. The van der Waals surface area contributed by atoms with E-state index in [1.807, 2.05) is 24.4 Å². The highest BCUT2D eigenvalue weighted by atomic mass is 79.9. The van der Waals surface area contributed by atoms with E-state index in [1.165, 1.54) is 11.1 Å². The van der Waals surface area contributed by atoms with Crippen LogP contribution in [0.5, 0.6) is 5.75 Å². The van der Waals surface area contributed by atoms with Gasteiger partial charge in [-0.25, -0.2) is 0 Å². The first-order valence-electron chi connectivity index (χ1n) is 8.71. The first kappa shape index (κ1) is 19.8. The van der Waals surface area contributed by atoms with Crippen molar-refractivity contribution in [1.29, 1.82) is 0 Å². The molecule has 4 heteroatoms. The van der Waals surface area contributed by atoms with E-state index in [1.54, 1.807) is 0 Å². The SMILES string of the molecule is Cc1ccc(COc2c(Br)cc(Br)cc2C=Nc2ccc(C)cc2C)cc1. The van der Waals surface area contributed by atoms with Crippen molar-refractivity contribution in [1.82, 2.24) is 0 Å². The van der Waals surface area contributed by atoms with Crippen LogP contribution < -0.4 is 4.74 Å². The number of hydrogen-bond acceptors (Lipinski definition) is 2. The molecule has 0 amide bonds. The second-order valence-electron chi connectivity index (χ2n) is 6.63. The molecule has 27 heavy (non-hydrogen) atoms. The van der Waals surface area contributed by atoms with Gasteiger partial charge in [0.15, 0.2) is 0 Å². The van der Waals surface area contributed by atoms with Gasteiger partial charge in [0, 0.05) is 16.3 Å². The zero-order chi connectivity index (χ0) is 19.4. The van der Waals surface area contributed by atoms with Crippen LogP contribution in [0.1, 0.15) is 27.8 Å². The minimum absolute atomic E-state index is 0.505. The van der Waals surface area contributed by atoms with Crippen molar-refractivity contribution in [2.45, 2.75) is 27.4 Å². The van der Waals surface area contributed by atoms with Gasteiger partial charge in [0.1, 0.15) is 12.4 Å². The number of hydrogen-bond donors (Lipinski definition) is 0. The minimum Gasteiger partial charge on any atom is -0.487 e. The number of rotatable bonds is 5. The van der Waals surface area contributed by atoms with Gasteiger partial charge in [-0.3, -0.25) is 4.99 Å². The van der Waals surface area contributed by atoms with Crippen LogP contribution >= 0.6 is 31.9 Å². The third kappa shape index (κ3) is 5.30. The molecule has 3 aromatic rings. The van der Waals surface area contributed by atoms with Crippen LogP contribution in [-0.4, -0.2) is 6.21 Å². The summed E-state index contributed by atoms with van der Waals surface area (Å²) in [5.74, 6) is 0.785. The van der Waals surface area contributed by atoms with Crippen LogP contribution in [0, 0.1) is 20.8 Å². The van der Waals surface area contributed by atoms with Crippen LogP contribution in [0.25, 0.3) is 0 Å². The van der Waals surface area contributed by atoms with Crippen molar-refractivity contribution >= 4 is 43.8 Å². The Kier molecular flexibility index (Phi) is 6.51. The molecule has 0 aliphatic carbocycles. The van der Waals surface area contributed by atoms with Gasteiger partial charge in [0.25, 0.3) is 0 Å².